The van der Waals surface area contributed by atoms with E-state index in [2.05, 4.69) is 39.3 Å². The number of piperidine rings is 1. The summed E-state index contributed by atoms with van der Waals surface area (Å²) in [6, 6.07) is 2.43. The molecule has 0 amide bonds. The minimum absolute atomic E-state index is 0.00849. The lowest BCUT2D eigenvalue weighted by atomic mass is 9.79. The van der Waals surface area contributed by atoms with Gasteiger partial charge in [-0.1, -0.05) is 0 Å². The van der Waals surface area contributed by atoms with Crippen LogP contribution >= 0.6 is 0 Å². The number of nitrogen functional groups attached to an aromatic ring is 1. The number of phenols is 1. The van der Waals surface area contributed by atoms with Gasteiger partial charge in [0, 0.05) is 24.1 Å². The van der Waals surface area contributed by atoms with E-state index in [0.29, 0.717) is 18.9 Å². The van der Waals surface area contributed by atoms with Crippen LogP contribution in [0.2, 0.25) is 0 Å². The van der Waals surface area contributed by atoms with Gasteiger partial charge in [0.2, 0.25) is 5.95 Å². The monoisotopic (exact) mass is 419 g/mol. The topological polar surface area (TPSA) is 125 Å². The van der Waals surface area contributed by atoms with Crippen molar-refractivity contribution in [2.24, 2.45) is 5.73 Å². The molecule has 8 nitrogen and oxygen atoms in total. The van der Waals surface area contributed by atoms with E-state index in [9.17, 15) is 13.9 Å². The zero-order valence-corrected chi connectivity index (χ0v) is 17.0. The van der Waals surface area contributed by atoms with Gasteiger partial charge < -0.3 is 27.2 Å². The molecule has 7 N–H and O–H groups in total. The Morgan fingerprint density at radius 2 is 2.03 bits per heavy atom. The molecule has 3 heterocycles. The summed E-state index contributed by atoms with van der Waals surface area (Å²) in [6.07, 6.45) is 4.47. The van der Waals surface area contributed by atoms with Gasteiger partial charge in [0.05, 0.1) is 23.2 Å². The molecule has 2 aromatic rings. The molecule has 10 heteroatoms. The Morgan fingerprint density at radius 3 is 2.80 bits per heavy atom. The van der Waals surface area contributed by atoms with Crippen LogP contribution in [0.15, 0.2) is 18.3 Å². The van der Waals surface area contributed by atoms with Gasteiger partial charge in [0.1, 0.15) is 5.75 Å². The number of hydrogen-bond acceptors (Lipinski definition) is 8. The molecule has 2 fully saturated rings. The number of phenolic OH excluding ortho intramolecular Hbond substituents is 1. The van der Waals surface area contributed by atoms with Crippen molar-refractivity contribution in [1.29, 1.82) is 0 Å². The van der Waals surface area contributed by atoms with Gasteiger partial charge in [0.25, 0.3) is 0 Å². The van der Waals surface area contributed by atoms with Crippen molar-refractivity contribution >= 4 is 23.1 Å². The van der Waals surface area contributed by atoms with Crippen molar-refractivity contribution in [1.82, 2.24) is 14.9 Å². The van der Waals surface area contributed by atoms with Gasteiger partial charge in [-0.15, -0.1) is 0 Å². The van der Waals surface area contributed by atoms with Crippen molar-refractivity contribution in [3.8, 4) is 5.75 Å². The highest BCUT2D eigenvalue weighted by Gasteiger charge is 2.48. The molecule has 0 saturated carbocycles. The van der Waals surface area contributed by atoms with Gasteiger partial charge in [-0.2, -0.15) is 4.98 Å². The normalized spacial score (nSPS) is 25.7. The molecule has 1 aromatic carbocycles. The Balaban J connectivity index is 1.57. The fourth-order valence-corrected chi connectivity index (χ4v) is 4.85. The van der Waals surface area contributed by atoms with Gasteiger partial charge >= 0.3 is 0 Å². The molecule has 162 valence electrons. The van der Waals surface area contributed by atoms with Crippen LogP contribution in [0.1, 0.15) is 39.5 Å². The van der Waals surface area contributed by atoms with Gasteiger partial charge in [-0.05, 0) is 45.7 Å². The molecule has 0 bridgehead atoms. The second-order valence-electron chi connectivity index (χ2n) is 8.87. The maximum Gasteiger partial charge on any atom is 0.229 e. The van der Waals surface area contributed by atoms with E-state index >= 15 is 0 Å². The second kappa shape index (κ2) is 7.21. The van der Waals surface area contributed by atoms with E-state index in [-0.39, 0.29) is 34.4 Å². The van der Waals surface area contributed by atoms with E-state index < -0.39 is 17.3 Å². The van der Waals surface area contributed by atoms with Crippen LogP contribution in [0.25, 0.3) is 0 Å². The van der Waals surface area contributed by atoms with Gasteiger partial charge in [0.15, 0.2) is 17.5 Å². The van der Waals surface area contributed by atoms with Crippen LogP contribution in [-0.4, -0.2) is 43.8 Å². The third-order valence-electron chi connectivity index (χ3n) is 5.98. The lowest BCUT2D eigenvalue weighted by molar-refractivity contribution is 0.0212. The Morgan fingerprint density at radius 1 is 1.27 bits per heavy atom. The van der Waals surface area contributed by atoms with Crippen molar-refractivity contribution in [2.75, 3.05) is 22.9 Å². The van der Waals surface area contributed by atoms with Crippen LogP contribution in [0.3, 0.4) is 0 Å². The molecule has 2 aliphatic heterocycles. The average molecular weight is 419 g/mol. The van der Waals surface area contributed by atoms with Crippen LogP contribution < -0.4 is 22.1 Å². The first-order valence-electron chi connectivity index (χ1n) is 9.98. The molecule has 2 saturated heterocycles. The summed E-state index contributed by atoms with van der Waals surface area (Å²) in [7, 11) is 0. The molecule has 2 aliphatic rings. The fraction of sp³-hybridized carbons (Fsp3) is 0.500. The number of nitrogens with zero attached hydrogens (tertiary/aromatic N) is 3. The molecular formula is C20H27F2N7O. The number of nitrogens with one attached hydrogen (secondary N) is 2. The van der Waals surface area contributed by atoms with Gasteiger partial charge in [-0.3, -0.25) is 4.90 Å². The minimum Gasteiger partial charge on any atom is -0.506 e. The smallest absolute Gasteiger partial charge is 0.229 e. The summed E-state index contributed by atoms with van der Waals surface area (Å²) in [5.74, 6) is -1.84. The van der Waals surface area contributed by atoms with Crippen LogP contribution in [0.4, 0.5) is 31.9 Å². The quantitative estimate of drug-likeness (QED) is 0.222. The highest BCUT2D eigenvalue weighted by atomic mass is 19.1. The molecule has 2 atom stereocenters. The Labute approximate surface area is 173 Å². The van der Waals surface area contributed by atoms with Crippen molar-refractivity contribution in [3.05, 3.63) is 30.0 Å². The summed E-state index contributed by atoms with van der Waals surface area (Å²) in [4.78, 5) is 10.5. The number of aromatic hydroxyl groups is 1. The third-order valence-corrected chi connectivity index (χ3v) is 5.98. The maximum atomic E-state index is 14.5. The molecule has 1 aromatic heterocycles. The number of halogens is 2. The zero-order valence-electron chi connectivity index (χ0n) is 17.0. The zero-order chi connectivity index (χ0) is 21.7. The standard InChI is InChI=1S/C20H27F2N7O/c1-19(2)10-20(24,8-11-4-3-5-29(11)19)28-17-13(22)9-25-18(27-17)26-15-7-14(23)16(30)6-12(15)21/h6-7,9,11,30H,3-5,8,10,23-24H2,1-2H3,(H2,25,26,27,28). The second-order valence-corrected chi connectivity index (χ2v) is 8.87. The minimum atomic E-state index is -0.838. The lowest BCUT2D eigenvalue weighted by Gasteiger charge is -2.52. The number of rotatable bonds is 4. The molecule has 0 spiro atoms. The Kier molecular flexibility index (Phi) is 4.94. The molecule has 0 aliphatic carbocycles. The number of anilines is 4. The van der Waals surface area contributed by atoms with Crippen molar-refractivity contribution in [3.63, 3.8) is 0 Å². The number of nitrogens with two attached hydrogens (primary N) is 2. The van der Waals surface area contributed by atoms with Crippen molar-refractivity contribution < 1.29 is 13.9 Å². The first kappa shape index (κ1) is 20.5. The number of benzene rings is 1. The maximum absolute atomic E-state index is 14.5. The molecule has 0 radical (unpaired) electrons. The Bertz CT molecular complexity index is 970. The van der Waals surface area contributed by atoms with E-state index in [1.165, 1.54) is 6.07 Å². The third kappa shape index (κ3) is 3.84. The number of aromatic nitrogens is 2. The first-order chi connectivity index (χ1) is 14.1. The highest BCUT2D eigenvalue weighted by molar-refractivity contribution is 5.66. The van der Waals surface area contributed by atoms with Crippen molar-refractivity contribution in [2.45, 2.75) is 56.8 Å². The molecular weight excluding hydrogens is 392 g/mol. The largest absolute Gasteiger partial charge is 0.506 e. The van der Waals surface area contributed by atoms with Crippen LogP contribution in [0.5, 0.6) is 5.75 Å². The summed E-state index contributed by atoms with van der Waals surface area (Å²) < 4.78 is 28.6. The fourth-order valence-electron chi connectivity index (χ4n) is 4.85. The predicted molar refractivity (Wildman–Crippen MR) is 111 cm³/mol. The summed E-state index contributed by atoms with van der Waals surface area (Å²) in [5.41, 5.74) is 11.3. The first-order valence-corrected chi connectivity index (χ1v) is 9.98. The number of fused-ring (bicyclic) bond motifs is 1. The van der Waals surface area contributed by atoms with E-state index in [1.54, 1.807) is 0 Å². The van der Waals surface area contributed by atoms with Crippen LogP contribution in [0, 0.1) is 11.6 Å². The predicted octanol–water partition coefficient (Wildman–Crippen LogP) is 2.89. The van der Waals surface area contributed by atoms with E-state index in [0.717, 1.165) is 31.6 Å². The van der Waals surface area contributed by atoms with E-state index in [1.807, 2.05) is 0 Å². The molecule has 2 unspecified atom stereocenters. The Hall–Kier alpha value is -2.72. The lowest BCUT2D eigenvalue weighted by Crippen LogP contribution is -2.65. The molecule has 30 heavy (non-hydrogen) atoms. The summed E-state index contributed by atoms with van der Waals surface area (Å²) in [6.45, 7) is 5.34. The molecule has 4 rings (SSSR count). The SMILES string of the molecule is CC1(C)CC(N)(Nc2nc(Nc3cc(N)c(O)cc3F)ncc2F)CC2CCCN21. The van der Waals surface area contributed by atoms with Crippen LogP contribution in [-0.2, 0) is 0 Å². The highest BCUT2D eigenvalue weighted by Crippen LogP contribution is 2.41. The summed E-state index contributed by atoms with van der Waals surface area (Å²) >= 11 is 0. The van der Waals surface area contributed by atoms with E-state index in [4.69, 9.17) is 11.5 Å². The van der Waals surface area contributed by atoms with Gasteiger partial charge in [-0.25, -0.2) is 13.8 Å². The summed E-state index contributed by atoms with van der Waals surface area (Å²) in [5, 5.41) is 15.2. The average Bonchev–Trinajstić information content (AvgIpc) is 3.10. The number of hydrogen-bond donors (Lipinski definition) is 5.